The standard InChI is InChI=1S/C24H24N4OS/c1-4-24(2)14-17-12-8-9-13-18(17)20-19(24)21(29)28-22(25-20)27(26-23(28)30-3)15-16-10-6-5-7-11-16/h5-13H,4,14-15H2,1-3H3/t24-/m1/s1. The predicted octanol–water partition coefficient (Wildman–Crippen LogP) is 4.55. The van der Waals surface area contributed by atoms with E-state index in [1.165, 1.54) is 17.3 Å². The molecule has 2 aromatic heterocycles. The summed E-state index contributed by atoms with van der Waals surface area (Å²) in [7, 11) is 0. The van der Waals surface area contributed by atoms with Gasteiger partial charge in [-0.15, -0.1) is 5.10 Å². The molecule has 0 spiro atoms. The maximum Gasteiger partial charge on any atom is 0.265 e. The van der Waals surface area contributed by atoms with Crippen LogP contribution in [0.2, 0.25) is 0 Å². The minimum atomic E-state index is -0.244. The number of hydrogen-bond acceptors (Lipinski definition) is 4. The molecule has 0 N–H and O–H groups in total. The number of benzene rings is 2. The molecule has 2 heterocycles. The second-order valence-corrected chi connectivity index (χ2v) is 8.93. The fourth-order valence-corrected chi connectivity index (χ4v) is 5.02. The summed E-state index contributed by atoms with van der Waals surface area (Å²) < 4.78 is 3.55. The highest BCUT2D eigenvalue weighted by atomic mass is 32.2. The van der Waals surface area contributed by atoms with E-state index in [9.17, 15) is 4.79 Å². The van der Waals surface area contributed by atoms with Crippen molar-refractivity contribution in [2.24, 2.45) is 0 Å². The average molecular weight is 417 g/mol. The van der Waals surface area contributed by atoms with Gasteiger partial charge in [0.1, 0.15) is 0 Å². The van der Waals surface area contributed by atoms with Crippen molar-refractivity contribution in [1.29, 1.82) is 0 Å². The molecule has 5 rings (SSSR count). The van der Waals surface area contributed by atoms with Crippen LogP contribution in [0.1, 0.15) is 37.0 Å². The number of aromatic nitrogens is 4. The zero-order valence-electron chi connectivity index (χ0n) is 17.4. The molecule has 1 aliphatic carbocycles. The van der Waals surface area contributed by atoms with Gasteiger partial charge < -0.3 is 0 Å². The fraction of sp³-hybridized carbons (Fsp3) is 0.292. The molecule has 1 aliphatic rings. The molecule has 0 bridgehead atoms. The summed E-state index contributed by atoms with van der Waals surface area (Å²) in [6, 6.07) is 18.5. The fourth-order valence-electron chi connectivity index (χ4n) is 4.50. The van der Waals surface area contributed by atoms with Crippen molar-refractivity contribution in [2.45, 2.75) is 43.8 Å². The van der Waals surface area contributed by atoms with E-state index < -0.39 is 0 Å². The Morgan fingerprint density at radius 2 is 1.83 bits per heavy atom. The molecule has 0 aliphatic heterocycles. The van der Waals surface area contributed by atoms with Crippen LogP contribution in [-0.4, -0.2) is 25.4 Å². The van der Waals surface area contributed by atoms with Crippen LogP contribution in [0.4, 0.5) is 0 Å². The molecule has 5 nitrogen and oxygen atoms in total. The van der Waals surface area contributed by atoms with E-state index in [2.05, 4.69) is 44.2 Å². The smallest absolute Gasteiger partial charge is 0.265 e. The number of nitrogens with zero attached hydrogens (tertiary/aromatic N) is 4. The molecule has 0 amide bonds. The van der Waals surface area contributed by atoms with Gasteiger partial charge in [-0.3, -0.25) is 4.79 Å². The summed E-state index contributed by atoms with van der Waals surface area (Å²) >= 11 is 1.48. The van der Waals surface area contributed by atoms with Crippen LogP contribution in [0.15, 0.2) is 64.5 Å². The number of rotatable bonds is 4. The highest BCUT2D eigenvalue weighted by molar-refractivity contribution is 7.98. The number of thioether (sulfide) groups is 1. The first-order valence-electron chi connectivity index (χ1n) is 10.3. The van der Waals surface area contributed by atoms with Crippen molar-refractivity contribution in [1.82, 2.24) is 19.2 Å². The van der Waals surface area contributed by atoms with Crippen LogP contribution in [0.3, 0.4) is 0 Å². The highest BCUT2D eigenvalue weighted by Gasteiger charge is 2.38. The first-order valence-corrected chi connectivity index (χ1v) is 11.5. The maximum atomic E-state index is 13.9. The third kappa shape index (κ3) is 2.82. The van der Waals surface area contributed by atoms with E-state index >= 15 is 0 Å². The van der Waals surface area contributed by atoms with Crippen molar-refractivity contribution in [3.05, 3.63) is 81.6 Å². The molecule has 30 heavy (non-hydrogen) atoms. The topological polar surface area (TPSA) is 52.2 Å². The molecular weight excluding hydrogens is 392 g/mol. The van der Waals surface area contributed by atoms with Gasteiger partial charge in [0.05, 0.1) is 17.8 Å². The summed E-state index contributed by atoms with van der Waals surface area (Å²) in [5.41, 5.74) is 4.84. The van der Waals surface area contributed by atoms with E-state index in [-0.39, 0.29) is 11.0 Å². The lowest BCUT2D eigenvalue weighted by molar-refractivity contribution is 0.439. The molecule has 0 saturated heterocycles. The third-order valence-electron chi connectivity index (χ3n) is 6.29. The maximum absolute atomic E-state index is 13.9. The SMILES string of the molecule is CC[C@]1(C)Cc2ccccc2-c2nc3n(Cc4ccccc4)nc(SC)n3c(=O)c21. The Hall–Kier alpha value is -2.86. The van der Waals surface area contributed by atoms with Gasteiger partial charge in [-0.05, 0) is 30.2 Å². The summed E-state index contributed by atoms with van der Waals surface area (Å²) in [6.45, 7) is 4.91. The van der Waals surface area contributed by atoms with Gasteiger partial charge in [0.2, 0.25) is 5.78 Å². The Balaban J connectivity index is 1.83. The summed E-state index contributed by atoms with van der Waals surface area (Å²) in [5.74, 6) is 0.599. The van der Waals surface area contributed by atoms with Crippen LogP contribution in [0.5, 0.6) is 0 Å². The molecule has 0 radical (unpaired) electrons. The van der Waals surface area contributed by atoms with Crippen LogP contribution < -0.4 is 5.56 Å². The Labute approximate surface area is 179 Å². The lowest BCUT2D eigenvalue weighted by atomic mass is 9.69. The first-order chi connectivity index (χ1) is 14.6. The number of fused-ring (bicyclic) bond motifs is 4. The molecule has 0 saturated carbocycles. The molecule has 1 atom stereocenters. The number of hydrogen-bond donors (Lipinski definition) is 0. The monoisotopic (exact) mass is 416 g/mol. The Bertz CT molecular complexity index is 1310. The van der Waals surface area contributed by atoms with E-state index in [0.717, 1.165) is 35.2 Å². The van der Waals surface area contributed by atoms with E-state index in [4.69, 9.17) is 10.1 Å². The molecular formula is C24H24N4OS. The van der Waals surface area contributed by atoms with Crippen LogP contribution >= 0.6 is 11.8 Å². The second-order valence-electron chi connectivity index (χ2n) is 8.15. The molecule has 6 heteroatoms. The van der Waals surface area contributed by atoms with Crippen molar-refractivity contribution in [2.75, 3.05) is 6.26 Å². The van der Waals surface area contributed by atoms with Crippen LogP contribution in [0.25, 0.3) is 17.0 Å². The van der Waals surface area contributed by atoms with Crippen LogP contribution in [-0.2, 0) is 18.4 Å². The van der Waals surface area contributed by atoms with Crippen molar-refractivity contribution in [3.8, 4) is 11.3 Å². The molecule has 2 aromatic carbocycles. The van der Waals surface area contributed by atoms with Gasteiger partial charge in [0, 0.05) is 11.0 Å². The van der Waals surface area contributed by atoms with Crippen molar-refractivity contribution in [3.63, 3.8) is 0 Å². The lowest BCUT2D eigenvalue weighted by Gasteiger charge is -2.35. The normalized spacial score (nSPS) is 17.7. The van der Waals surface area contributed by atoms with Gasteiger partial charge in [-0.2, -0.15) is 0 Å². The average Bonchev–Trinajstić information content (AvgIpc) is 3.12. The zero-order chi connectivity index (χ0) is 20.9. The highest BCUT2D eigenvalue weighted by Crippen LogP contribution is 2.42. The second kappa shape index (κ2) is 7.13. The molecule has 152 valence electrons. The quantitative estimate of drug-likeness (QED) is 0.458. The largest absolute Gasteiger partial charge is 0.268 e. The van der Waals surface area contributed by atoms with E-state index in [0.29, 0.717) is 17.5 Å². The van der Waals surface area contributed by atoms with Gasteiger partial charge in [-0.1, -0.05) is 80.2 Å². The van der Waals surface area contributed by atoms with E-state index in [1.54, 1.807) is 4.40 Å². The predicted molar refractivity (Wildman–Crippen MR) is 121 cm³/mol. The van der Waals surface area contributed by atoms with Crippen molar-refractivity contribution < 1.29 is 0 Å². The zero-order valence-corrected chi connectivity index (χ0v) is 18.2. The molecule has 0 unspecified atom stereocenters. The third-order valence-corrected chi connectivity index (χ3v) is 6.92. The first kappa shape index (κ1) is 19.1. The van der Waals surface area contributed by atoms with Crippen molar-refractivity contribution >= 4 is 17.5 Å². The van der Waals surface area contributed by atoms with Gasteiger partial charge >= 0.3 is 0 Å². The van der Waals surface area contributed by atoms with Crippen LogP contribution in [0, 0.1) is 0 Å². The summed E-state index contributed by atoms with van der Waals surface area (Å²) in [4.78, 5) is 18.9. The Morgan fingerprint density at radius 3 is 2.57 bits per heavy atom. The summed E-state index contributed by atoms with van der Waals surface area (Å²) in [6.07, 6.45) is 3.68. The Morgan fingerprint density at radius 1 is 1.10 bits per heavy atom. The Kier molecular flexibility index (Phi) is 4.54. The molecule has 0 fully saturated rings. The minimum Gasteiger partial charge on any atom is -0.268 e. The van der Waals surface area contributed by atoms with Gasteiger partial charge in [0.15, 0.2) is 5.16 Å². The van der Waals surface area contributed by atoms with Gasteiger partial charge in [-0.25, -0.2) is 14.1 Å². The van der Waals surface area contributed by atoms with E-state index in [1.807, 2.05) is 35.2 Å². The lowest BCUT2D eigenvalue weighted by Crippen LogP contribution is -2.37. The summed E-state index contributed by atoms with van der Waals surface area (Å²) in [5, 5.41) is 5.42. The minimum absolute atomic E-state index is 0.0116. The molecule has 4 aromatic rings. The van der Waals surface area contributed by atoms with Gasteiger partial charge in [0.25, 0.3) is 5.56 Å².